The van der Waals surface area contributed by atoms with E-state index in [9.17, 15) is 24.2 Å². The van der Waals surface area contributed by atoms with E-state index < -0.39 is 12.1 Å². The molecular weight excluding hydrogens is 530 g/mol. The van der Waals surface area contributed by atoms with Crippen molar-refractivity contribution in [1.29, 1.82) is 0 Å². The number of aliphatic hydroxyl groups excluding tert-OH is 1. The second-order valence-electron chi connectivity index (χ2n) is 9.88. The van der Waals surface area contributed by atoms with Gasteiger partial charge in [0.15, 0.2) is 0 Å². The Bertz CT molecular complexity index is 1480. The molecule has 0 unspecified atom stereocenters. The predicted molar refractivity (Wildman–Crippen MR) is 153 cm³/mol. The van der Waals surface area contributed by atoms with E-state index in [2.05, 4.69) is 5.32 Å². The Morgan fingerprint density at radius 3 is 2.15 bits per heavy atom. The van der Waals surface area contributed by atoms with E-state index in [4.69, 9.17) is 0 Å². The standard InChI is InChI=1S/C33H33FN2O4.Na/c1-22(2)31-30(33(40)35-26-12-7-4-8-13-26)29(23-10-5-3-6-11-23)32(24-16-18-25(34)19-17-24)36(31)21-20-27(37)14-9-15-28(38)39;/h3-13,15-19,22,27,37H,14,20-21H2,1-2H3,(H,35,40)(H,38,39);/q;+1/p-1/b15-9+;/t27-;/m0./s1. The molecule has 0 fully saturated rings. The van der Waals surface area contributed by atoms with Crippen molar-refractivity contribution < 1.29 is 53.7 Å². The number of carbonyl (C=O) groups is 2. The number of carbonyl (C=O) groups excluding carboxylic acids is 2. The summed E-state index contributed by atoms with van der Waals surface area (Å²) in [5.74, 6) is -2.04. The fourth-order valence-electron chi connectivity index (χ4n) is 4.93. The fourth-order valence-corrected chi connectivity index (χ4v) is 4.93. The molecule has 4 aromatic rings. The van der Waals surface area contributed by atoms with Crippen molar-refractivity contribution >= 4 is 17.6 Å². The molecule has 1 heterocycles. The average Bonchev–Trinajstić information content (AvgIpc) is 3.29. The van der Waals surface area contributed by atoms with Gasteiger partial charge < -0.3 is 24.9 Å². The van der Waals surface area contributed by atoms with Crippen molar-refractivity contribution in [2.24, 2.45) is 0 Å². The topological polar surface area (TPSA) is 94.4 Å². The molecular formula is C33H32FN2NaO4. The SMILES string of the molecule is CC(C)c1c(C(=O)Nc2ccccc2)c(-c2ccccc2)c(-c2ccc(F)cc2)n1CC[C@@H](O)C/C=C/C(=O)[O-].[Na+]. The average molecular weight is 563 g/mol. The predicted octanol–water partition coefficient (Wildman–Crippen LogP) is 2.79. The maximum absolute atomic E-state index is 14.0. The number of para-hydroxylation sites is 1. The summed E-state index contributed by atoms with van der Waals surface area (Å²) in [7, 11) is 0. The summed E-state index contributed by atoms with van der Waals surface area (Å²) in [6.07, 6.45) is 1.90. The van der Waals surface area contributed by atoms with Gasteiger partial charge in [-0.15, -0.1) is 0 Å². The van der Waals surface area contributed by atoms with Crippen LogP contribution in [0.25, 0.3) is 22.4 Å². The smallest absolute Gasteiger partial charge is 0.545 e. The van der Waals surface area contributed by atoms with Gasteiger partial charge >= 0.3 is 29.6 Å². The summed E-state index contributed by atoms with van der Waals surface area (Å²) in [5.41, 5.74) is 4.97. The largest absolute Gasteiger partial charge is 1.00 e. The van der Waals surface area contributed by atoms with Crippen LogP contribution in [0.2, 0.25) is 0 Å². The van der Waals surface area contributed by atoms with Gasteiger partial charge in [-0.3, -0.25) is 4.79 Å². The second kappa shape index (κ2) is 14.9. The first-order valence-corrected chi connectivity index (χ1v) is 13.3. The first kappa shape index (κ1) is 32.0. The van der Waals surface area contributed by atoms with E-state index in [1.807, 2.05) is 79.1 Å². The van der Waals surface area contributed by atoms with Gasteiger partial charge in [-0.1, -0.05) is 68.5 Å². The number of aliphatic hydroxyl groups is 1. The summed E-state index contributed by atoms with van der Waals surface area (Å²) in [5, 5.41) is 24.4. The fraction of sp³-hybridized carbons (Fsp3) is 0.212. The normalized spacial score (nSPS) is 11.8. The van der Waals surface area contributed by atoms with Gasteiger partial charge in [0.25, 0.3) is 5.91 Å². The monoisotopic (exact) mass is 562 g/mol. The molecule has 3 aromatic carbocycles. The summed E-state index contributed by atoms with van der Waals surface area (Å²) in [6, 6.07) is 25.0. The maximum Gasteiger partial charge on any atom is 1.00 e. The summed E-state index contributed by atoms with van der Waals surface area (Å²) >= 11 is 0. The molecule has 0 bridgehead atoms. The number of anilines is 1. The van der Waals surface area contributed by atoms with Crippen LogP contribution in [-0.4, -0.2) is 27.7 Å². The number of aliphatic carboxylic acids is 1. The van der Waals surface area contributed by atoms with Crippen LogP contribution in [0.3, 0.4) is 0 Å². The Morgan fingerprint density at radius 1 is 0.951 bits per heavy atom. The van der Waals surface area contributed by atoms with E-state index in [1.54, 1.807) is 12.1 Å². The Kier molecular flexibility index (Phi) is 11.7. The molecule has 206 valence electrons. The second-order valence-corrected chi connectivity index (χ2v) is 9.88. The first-order valence-electron chi connectivity index (χ1n) is 13.3. The Morgan fingerprint density at radius 2 is 1.56 bits per heavy atom. The van der Waals surface area contributed by atoms with Crippen molar-refractivity contribution in [2.45, 2.75) is 45.3 Å². The Labute approximate surface area is 261 Å². The van der Waals surface area contributed by atoms with Gasteiger partial charge in [-0.2, -0.15) is 0 Å². The number of rotatable bonds is 11. The van der Waals surface area contributed by atoms with Crippen molar-refractivity contribution in [3.05, 3.63) is 114 Å². The molecule has 0 aliphatic carbocycles. The van der Waals surface area contributed by atoms with Gasteiger partial charge in [0, 0.05) is 23.5 Å². The zero-order chi connectivity index (χ0) is 28.6. The van der Waals surface area contributed by atoms with Crippen LogP contribution in [0, 0.1) is 5.82 Å². The molecule has 0 saturated carbocycles. The molecule has 8 heteroatoms. The number of carboxylic acids is 1. The number of halogens is 1. The molecule has 1 aromatic heterocycles. The number of nitrogens with one attached hydrogen (secondary N) is 1. The number of amides is 1. The van der Waals surface area contributed by atoms with Crippen LogP contribution in [-0.2, 0) is 11.3 Å². The van der Waals surface area contributed by atoms with Crippen LogP contribution in [0.15, 0.2) is 97.1 Å². The number of nitrogens with zero attached hydrogens (tertiary/aromatic N) is 1. The van der Waals surface area contributed by atoms with Gasteiger partial charge in [-0.25, -0.2) is 4.39 Å². The third-order valence-corrected chi connectivity index (χ3v) is 6.64. The van der Waals surface area contributed by atoms with Crippen molar-refractivity contribution in [2.75, 3.05) is 5.32 Å². The summed E-state index contributed by atoms with van der Waals surface area (Å²) in [6.45, 7) is 4.36. The van der Waals surface area contributed by atoms with Gasteiger partial charge in [-0.05, 0) is 72.4 Å². The van der Waals surface area contributed by atoms with Crippen molar-refractivity contribution in [3.8, 4) is 22.4 Å². The van der Waals surface area contributed by atoms with Gasteiger partial charge in [0.1, 0.15) is 5.82 Å². The summed E-state index contributed by atoms with van der Waals surface area (Å²) in [4.78, 5) is 24.8. The van der Waals surface area contributed by atoms with Crippen LogP contribution >= 0.6 is 0 Å². The van der Waals surface area contributed by atoms with Crippen LogP contribution < -0.4 is 40.0 Å². The van der Waals surface area contributed by atoms with Crippen LogP contribution in [0.1, 0.15) is 48.7 Å². The molecule has 0 radical (unpaired) electrons. The van der Waals surface area contributed by atoms with E-state index >= 15 is 0 Å². The zero-order valence-electron chi connectivity index (χ0n) is 23.5. The molecule has 0 aliphatic rings. The van der Waals surface area contributed by atoms with Crippen molar-refractivity contribution in [3.63, 3.8) is 0 Å². The third kappa shape index (κ3) is 8.05. The maximum atomic E-state index is 14.0. The number of carboxylic acid groups (broad SMARTS) is 1. The molecule has 1 atom stereocenters. The van der Waals surface area contributed by atoms with Crippen molar-refractivity contribution in [1.82, 2.24) is 4.57 Å². The quantitative estimate of drug-likeness (QED) is 0.217. The molecule has 2 N–H and O–H groups in total. The molecule has 41 heavy (non-hydrogen) atoms. The molecule has 0 spiro atoms. The van der Waals surface area contributed by atoms with E-state index in [1.165, 1.54) is 18.2 Å². The van der Waals surface area contributed by atoms with Crippen LogP contribution in [0.4, 0.5) is 10.1 Å². The minimum absolute atomic E-state index is 0. The van der Waals surface area contributed by atoms with Gasteiger partial charge in [0.2, 0.25) is 0 Å². The minimum atomic E-state index is -1.32. The molecule has 1 amide bonds. The zero-order valence-corrected chi connectivity index (χ0v) is 25.5. The van der Waals surface area contributed by atoms with Gasteiger partial charge in [0.05, 0.1) is 23.3 Å². The molecule has 0 saturated heterocycles. The number of hydrogen-bond donors (Lipinski definition) is 2. The van der Waals surface area contributed by atoms with E-state index in [0.29, 0.717) is 24.2 Å². The Hall–Kier alpha value is -3.49. The number of hydrogen-bond acceptors (Lipinski definition) is 4. The number of benzene rings is 3. The minimum Gasteiger partial charge on any atom is -0.545 e. The summed E-state index contributed by atoms with van der Waals surface area (Å²) < 4.78 is 16.0. The molecule has 0 aliphatic heterocycles. The number of aromatic nitrogens is 1. The molecule has 4 rings (SSSR count). The van der Waals surface area contributed by atoms with E-state index in [0.717, 1.165) is 34.2 Å². The van der Waals surface area contributed by atoms with E-state index in [-0.39, 0.29) is 53.6 Å². The van der Waals surface area contributed by atoms with Crippen LogP contribution in [0.5, 0.6) is 0 Å². The molecule has 6 nitrogen and oxygen atoms in total. The third-order valence-electron chi connectivity index (χ3n) is 6.64. The Balaban J connectivity index is 0.00000462. The first-order chi connectivity index (χ1) is 19.3.